The fourth-order valence-corrected chi connectivity index (χ4v) is 2.63. The average Bonchev–Trinajstić information content (AvgIpc) is 2.76. The van der Waals surface area contributed by atoms with Crippen molar-refractivity contribution in [1.82, 2.24) is 15.5 Å². The van der Waals surface area contributed by atoms with Gasteiger partial charge >= 0.3 is 0 Å². The smallest absolute Gasteiger partial charge is 0.227 e. The van der Waals surface area contributed by atoms with Crippen LogP contribution in [0.3, 0.4) is 0 Å². The van der Waals surface area contributed by atoms with Crippen LogP contribution < -0.4 is 10.6 Å². The van der Waals surface area contributed by atoms with Crippen molar-refractivity contribution in [2.45, 2.75) is 19.3 Å². The van der Waals surface area contributed by atoms with Crippen LogP contribution in [0.5, 0.6) is 0 Å². The second kappa shape index (κ2) is 5.49. The lowest BCUT2D eigenvalue weighted by molar-refractivity contribution is -0.135. The van der Waals surface area contributed by atoms with Crippen molar-refractivity contribution in [2.24, 2.45) is 11.8 Å². The summed E-state index contributed by atoms with van der Waals surface area (Å²) in [5, 5.41) is 6.03. The molecule has 0 aromatic carbocycles. The second-order valence-electron chi connectivity index (χ2n) is 5.12. The molecule has 2 aliphatic rings. The number of nitrogens with one attached hydrogen (secondary N) is 2. The van der Waals surface area contributed by atoms with Crippen molar-refractivity contribution >= 4 is 11.8 Å². The number of piperidine rings is 1. The zero-order valence-electron chi connectivity index (χ0n) is 10.4. The molecule has 5 heteroatoms. The van der Waals surface area contributed by atoms with Gasteiger partial charge in [-0.05, 0) is 31.8 Å². The maximum Gasteiger partial charge on any atom is 0.227 e. The lowest BCUT2D eigenvalue weighted by Gasteiger charge is -2.28. The topological polar surface area (TPSA) is 61.4 Å². The molecule has 2 saturated heterocycles. The normalized spacial score (nSPS) is 25.7. The minimum absolute atomic E-state index is 0.00128. The van der Waals surface area contributed by atoms with E-state index in [1.807, 2.05) is 7.05 Å². The second-order valence-corrected chi connectivity index (χ2v) is 5.12. The van der Waals surface area contributed by atoms with Crippen LogP contribution in [0.2, 0.25) is 0 Å². The first kappa shape index (κ1) is 12.4. The Balaban J connectivity index is 1.80. The van der Waals surface area contributed by atoms with Gasteiger partial charge in [-0.3, -0.25) is 9.59 Å². The summed E-state index contributed by atoms with van der Waals surface area (Å²) >= 11 is 0. The van der Waals surface area contributed by atoms with Gasteiger partial charge in [0.25, 0.3) is 0 Å². The van der Waals surface area contributed by atoms with Gasteiger partial charge in [-0.1, -0.05) is 0 Å². The van der Waals surface area contributed by atoms with E-state index in [-0.39, 0.29) is 17.7 Å². The molecule has 2 rings (SSSR count). The van der Waals surface area contributed by atoms with Crippen molar-refractivity contribution in [1.29, 1.82) is 0 Å². The first-order valence-electron chi connectivity index (χ1n) is 6.39. The molecule has 0 spiro atoms. The summed E-state index contributed by atoms with van der Waals surface area (Å²) in [6, 6.07) is 0. The van der Waals surface area contributed by atoms with E-state index in [1.165, 1.54) is 0 Å². The highest BCUT2D eigenvalue weighted by Crippen LogP contribution is 2.16. The number of carbonyl (C=O) groups is 2. The van der Waals surface area contributed by atoms with Crippen molar-refractivity contribution in [3.63, 3.8) is 0 Å². The molecule has 2 heterocycles. The molecule has 0 saturated carbocycles. The molecule has 2 aliphatic heterocycles. The Morgan fingerprint density at radius 3 is 2.71 bits per heavy atom. The Kier molecular flexibility index (Phi) is 3.99. The molecule has 0 bridgehead atoms. The predicted octanol–water partition coefficient (Wildman–Crippen LogP) is -0.419. The molecule has 1 atom stereocenters. The van der Waals surface area contributed by atoms with Crippen LogP contribution in [0.4, 0.5) is 0 Å². The molecule has 0 aliphatic carbocycles. The minimum Gasteiger partial charge on any atom is -0.355 e. The number of hydrogen-bond donors (Lipinski definition) is 2. The Labute approximate surface area is 102 Å². The SMILES string of the molecule is CN(CC1CCNCC1)C(=O)C1CNC(=O)C1. The van der Waals surface area contributed by atoms with Crippen LogP contribution in [-0.2, 0) is 9.59 Å². The Hall–Kier alpha value is -1.10. The molecule has 0 radical (unpaired) electrons. The standard InChI is InChI=1S/C12H21N3O2/c1-15(8-9-2-4-13-5-3-9)12(17)10-6-11(16)14-7-10/h9-10,13H,2-8H2,1H3,(H,14,16). The molecular formula is C12H21N3O2. The first-order chi connectivity index (χ1) is 8.16. The van der Waals surface area contributed by atoms with Crippen LogP contribution in [0.1, 0.15) is 19.3 Å². The zero-order chi connectivity index (χ0) is 12.3. The molecule has 2 amide bonds. The van der Waals surface area contributed by atoms with Crippen molar-refractivity contribution in [2.75, 3.05) is 33.2 Å². The Morgan fingerprint density at radius 2 is 2.12 bits per heavy atom. The Morgan fingerprint density at radius 1 is 1.41 bits per heavy atom. The summed E-state index contributed by atoms with van der Waals surface area (Å²) in [5.74, 6) is 0.574. The van der Waals surface area contributed by atoms with E-state index in [9.17, 15) is 9.59 Å². The summed E-state index contributed by atoms with van der Waals surface area (Å²) < 4.78 is 0. The summed E-state index contributed by atoms with van der Waals surface area (Å²) in [6.45, 7) is 3.44. The molecule has 2 fully saturated rings. The third-order valence-electron chi connectivity index (χ3n) is 3.69. The van der Waals surface area contributed by atoms with Gasteiger partial charge in [0.2, 0.25) is 11.8 Å². The average molecular weight is 239 g/mol. The number of rotatable bonds is 3. The molecular weight excluding hydrogens is 218 g/mol. The van der Waals surface area contributed by atoms with Gasteiger partial charge in [0.05, 0.1) is 5.92 Å². The third kappa shape index (κ3) is 3.19. The van der Waals surface area contributed by atoms with Crippen molar-refractivity contribution in [3.05, 3.63) is 0 Å². The highest BCUT2D eigenvalue weighted by atomic mass is 16.2. The van der Waals surface area contributed by atoms with E-state index in [4.69, 9.17) is 0 Å². The highest BCUT2D eigenvalue weighted by molar-refractivity contribution is 5.89. The van der Waals surface area contributed by atoms with Gasteiger partial charge in [-0.25, -0.2) is 0 Å². The van der Waals surface area contributed by atoms with Crippen LogP contribution in [-0.4, -0.2) is 49.9 Å². The summed E-state index contributed by atoms with van der Waals surface area (Å²) in [6.07, 6.45) is 2.63. The predicted molar refractivity (Wildman–Crippen MR) is 64.3 cm³/mol. The summed E-state index contributed by atoms with van der Waals surface area (Å²) in [7, 11) is 1.85. The monoisotopic (exact) mass is 239 g/mol. The highest BCUT2D eigenvalue weighted by Gasteiger charge is 2.30. The molecule has 96 valence electrons. The molecule has 5 nitrogen and oxygen atoms in total. The number of amides is 2. The van der Waals surface area contributed by atoms with Gasteiger partial charge < -0.3 is 15.5 Å². The van der Waals surface area contributed by atoms with Gasteiger partial charge in [0, 0.05) is 26.6 Å². The molecule has 1 unspecified atom stereocenters. The van der Waals surface area contributed by atoms with Crippen LogP contribution in [0.15, 0.2) is 0 Å². The van der Waals surface area contributed by atoms with E-state index in [0.717, 1.165) is 32.5 Å². The molecule has 0 aromatic rings. The minimum atomic E-state index is -0.144. The third-order valence-corrected chi connectivity index (χ3v) is 3.69. The first-order valence-corrected chi connectivity index (χ1v) is 6.39. The van der Waals surface area contributed by atoms with E-state index < -0.39 is 0 Å². The quantitative estimate of drug-likeness (QED) is 0.703. The van der Waals surface area contributed by atoms with Crippen LogP contribution in [0.25, 0.3) is 0 Å². The van der Waals surface area contributed by atoms with Gasteiger partial charge in [-0.15, -0.1) is 0 Å². The maximum atomic E-state index is 12.1. The van der Waals surface area contributed by atoms with Crippen LogP contribution >= 0.6 is 0 Å². The summed E-state index contributed by atoms with van der Waals surface area (Å²) in [4.78, 5) is 25.0. The largest absolute Gasteiger partial charge is 0.355 e. The van der Waals surface area contributed by atoms with Crippen molar-refractivity contribution in [3.8, 4) is 0 Å². The Bertz CT molecular complexity index is 300. The fraction of sp³-hybridized carbons (Fsp3) is 0.833. The van der Waals surface area contributed by atoms with E-state index in [0.29, 0.717) is 18.9 Å². The number of hydrogen-bond acceptors (Lipinski definition) is 3. The van der Waals surface area contributed by atoms with Gasteiger partial charge in [0.1, 0.15) is 0 Å². The van der Waals surface area contributed by atoms with Gasteiger partial charge in [-0.2, -0.15) is 0 Å². The zero-order valence-corrected chi connectivity index (χ0v) is 10.4. The number of carbonyl (C=O) groups excluding carboxylic acids is 2. The molecule has 17 heavy (non-hydrogen) atoms. The van der Waals surface area contributed by atoms with E-state index >= 15 is 0 Å². The van der Waals surface area contributed by atoms with Crippen LogP contribution in [0, 0.1) is 11.8 Å². The summed E-state index contributed by atoms with van der Waals surface area (Å²) in [5.41, 5.74) is 0. The molecule has 0 aromatic heterocycles. The van der Waals surface area contributed by atoms with Crippen molar-refractivity contribution < 1.29 is 9.59 Å². The maximum absolute atomic E-state index is 12.1. The van der Waals surface area contributed by atoms with Gasteiger partial charge in [0.15, 0.2) is 0 Å². The van der Waals surface area contributed by atoms with E-state index in [2.05, 4.69) is 10.6 Å². The number of nitrogens with zero attached hydrogens (tertiary/aromatic N) is 1. The lowest BCUT2D eigenvalue weighted by atomic mass is 9.97. The fourth-order valence-electron chi connectivity index (χ4n) is 2.63. The lowest BCUT2D eigenvalue weighted by Crippen LogP contribution is -2.40. The van der Waals surface area contributed by atoms with E-state index in [1.54, 1.807) is 4.90 Å². The molecule has 2 N–H and O–H groups in total.